The van der Waals surface area contributed by atoms with E-state index in [1.807, 2.05) is 0 Å². The quantitative estimate of drug-likeness (QED) is 0.0345. The van der Waals surface area contributed by atoms with Gasteiger partial charge in [0.2, 0.25) is 0 Å². The molecule has 0 aliphatic rings. The maximum atomic E-state index is 11.0. The highest BCUT2D eigenvalue weighted by Gasteiger charge is 2.02. The third-order valence-electron chi connectivity index (χ3n) is 17.4. The van der Waals surface area contributed by atoms with Crippen molar-refractivity contribution < 1.29 is 9.53 Å². The Morgan fingerprint density at radius 3 is 0.427 bits per heavy atom. The number of unbranched alkanes of at least 4 members (excludes halogenated alkanes) is 67. The summed E-state index contributed by atoms with van der Waals surface area (Å²) in [7, 11) is 0. The highest BCUT2D eigenvalue weighted by atomic mass is 16.5. The first-order valence-corrected chi connectivity index (χ1v) is 36.1. The smallest absolute Gasteiger partial charge is 0.330 e. The zero-order chi connectivity index (χ0) is 53.8. The molecule has 448 valence electrons. The number of ether oxygens (including phenoxy) is 1. The lowest BCUT2D eigenvalue weighted by molar-refractivity contribution is -0.137. The van der Waals surface area contributed by atoms with E-state index in [4.69, 9.17) is 4.74 Å². The van der Waals surface area contributed by atoms with Crippen molar-refractivity contribution in [3.63, 3.8) is 0 Å². The first-order chi connectivity index (χ1) is 37.3. The molecule has 2 heteroatoms. The van der Waals surface area contributed by atoms with Gasteiger partial charge in [0.1, 0.15) is 0 Å². The Morgan fingerprint density at radius 2 is 0.320 bits per heavy atom. The van der Waals surface area contributed by atoms with E-state index in [1.54, 1.807) is 0 Å². The standard InChI is InChI=1S/C73H144O2/c1-3-5-6-7-8-9-10-11-12-13-14-15-16-17-18-19-20-21-22-23-24-25-26-27-28-29-30-31-32-33-34-35-36-37-38-39-40-41-42-43-44-45-46-47-48-49-50-51-52-53-54-55-56-57-58-59-60-61-62-63-64-65-66-67-68-69-70-71-72-75-73(74)4-2/h4H,2-3,5-72H2,1H3. The van der Waals surface area contributed by atoms with Gasteiger partial charge in [0.05, 0.1) is 6.61 Å². The van der Waals surface area contributed by atoms with Crippen molar-refractivity contribution >= 4 is 5.97 Å². The Bertz CT molecular complexity index is 1000. The second-order valence-corrected chi connectivity index (χ2v) is 25.1. The van der Waals surface area contributed by atoms with Crippen LogP contribution in [-0.4, -0.2) is 12.6 Å². The molecule has 2 nitrogen and oxygen atoms in total. The molecule has 0 bridgehead atoms. The van der Waals surface area contributed by atoms with Crippen LogP contribution in [0.1, 0.15) is 444 Å². The van der Waals surface area contributed by atoms with Crippen molar-refractivity contribution in [1.82, 2.24) is 0 Å². The zero-order valence-electron chi connectivity index (χ0n) is 52.4. The average Bonchev–Trinajstić information content (AvgIpc) is 3.42. The molecule has 0 aromatic rings. The Labute approximate surface area is 476 Å². The largest absolute Gasteiger partial charge is 0.463 e. The summed E-state index contributed by atoms with van der Waals surface area (Å²) in [5, 5.41) is 0. The van der Waals surface area contributed by atoms with Crippen LogP contribution >= 0.6 is 0 Å². The van der Waals surface area contributed by atoms with Crippen LogP contribution in [0, 0.1) is 0 Å². The van der Waals surface area contributed by atoms with Gasteiger partial charge < -0.3 is 4.74 Å². The second-order valence-electron chi connectivity index (χ2n) is 25.1. The monoisotopic (exact) mass is 1050 g/mol. The molecule has 0 saturated carbocycles. The second kappa shape index (κ2) is 71.2. The Hall–Kier alpha value is -0.790. The van der Waals surface area contributed by atoms with Gasteiger partial charge in [0, 0.05) is 6.08 Å². The van der Waals surface area contributed by atoms with Crippen molar-refractivity contribution in [3.05, 3.63) is 12.7 Å². The maximum absolute atomic E-state index is 11.0. The minimum Gasteiger partial charge on any atom is -0.463 e. The summed E-state index contributed by atoms with van der Waals surface area (Å²) in [5.74, 6) is -0.293. The molecule has 0 aliphatic carbocycles. The molecular formula is C73H144O2. The van der Waals surface area contributed by atoms with E-state index in [1.165, 1.54) is 436 Å². The molecule has 0 amide bonds. The van der Waals surface area contributed by atoms with Gasteiger partial charge in [-0.15, -0.1) is 0 Å². The van der Waals surface area contributed by atoms with Gasteiger partial charge in [0.15, 0.2) is 0 Å². The summed E-state index contributed by atoms with van der Waals surface area (Å²) in [4.78, 5) is 11.0. The molecule has 0 radical (unpaired) electrons. The van der Waals surface area contributed by atoms with Gasteiger partial charge in [-0.1, -0.05) is 444 Å². The molecule has 0 heterocycles. The van der Waals surface area contributed by atoms with E-state index >= 15 is 0 Å². The first kappa shape index (κ1) is 74.2. The van der Waals surface area contributed by atoms with E-state index in [9.17, 15) is 4.79 Å². The molecule has 75 heavy (non-hydrogen) atoms. The molecule has 0 rings (SSSR count). The van der Waals surface area contributed by atoms with E-state index in [-0.39, 0.29) is 5.97 Å². The van der Waals surface area contributed by atoms with Crippen molar-refractivity contribution in [2.75, 3.05) is 6.61 Å². The minimum atomic E-state index is -0.293. The van der Waals surface area contributed by atoms with E-state index in [0.29, 0.717) is 6.61 Å². The molecule has 0 aromatic heterocycles. The van der Waals surface area contributed by atoms with Crippen LogP contribution in [0.15, 0.2) is 12.7 Å². The van der Waals surface area contributed by atoms with Gasteiger partial charge in [-0.25, -0.2) is 4.79 Å². The van der Waals surface area contributed by atoms with Crippen LogP contribution in [0.2, 0.25) is 0 Å². The van der Waals surface area contributed by atoms with Crippen molar-refractivity contribution in [1.29, 1.82) is 0 Å². The fraction of sp³-hybridized carbons (Fsp3) is 0.959. The van der Waals surface area contributed by atoms with Crippen LogP contribution < -0.4 is 0 Å². The van der Waals surface area contributed by atoms with Crippen LogP contribution in [0.25, 0.3) is 0 Å². The minimum absolute atomic E-state index is 0.293. The lowest BCUT2D eigenvalue weighted by atomic mass is 10.0. The van der Waals surface area contributed by atoms with Gasteiger partial charge >= 0.3 is 5.97 Å². The van der Waals surface area contributed by atoms with E-state index < -0.39 is 0 Å². The molecule has 0 spiro atoms. The zero-order valence-corrected chi connectivity index (χ0v) is 52.4. The predicted octanol–water partition coefficient (Wildman–Crippen LogP) is 27.3. The van der Waals surface area contributed by atoms with Crippen LogP contribution in [-0.2, 0) is 9.53 Å². The van der Waals surface area contributed by atoms with Crippen molar-refractivity contribution in [2.45, 2.75) is 444 Å². The molecule has 0 unspecified atom stereocenters. The Morgan fingerprint density at radius 1 is 0.213 bits per heavy atom. The summed E-state index contributed by atoms with van der Waals surface area (Å²) in [6.45, 7) is 6.29. The molecule has 0 atom stereocenters. The van der Waals surface area contributed by atoms with Crippen LogP contribution in [0.5, 0.6) is 0 Å². The first-order valence-electron chi connectivity index (χ1n) is 36.1. The predicted molar refractivity (Wildman–Crippen MR) is 341 cm³/mol. The number of carbonyl (C=O) groups is 1. The van der Waals surface area contributed by atoms with Crippen molar-refractivity contribution in [2.24, 2.45) is 0 Å². The lowest BCUT2D eigenvalue weighted by Gasteiger charge is -2.05. The summed E-state index contributed by atoms with van der Waals surface area (Å²) in [5.41, 5.74) is 0. The normalized spacial score (nSPS) is 11.6. The average molecular weight is 1050 g/mol. The summed E-state index contributed by atoms with van der Waals surface area (Å²) >= 11 is 0. The number of esters is 1. The van der Waals surface area contributed by atoms with Crippen molar-refractivity contribution in [3.8, 4) is 0 Å². The maximum Gasteiger partial charge on any atom is 0.330 e. The van der Waals surface area contributed by atoms with Gasteiger partial charge in [-0.05, 0) is 6.42 Å². The van der Waals surface area contributed by atoms with Crippen LogP contribution in [0.3, 0.4) is 0 Å². The highest BCUT2D eigenvalue weighted by molar-refractivity contribution is 5.81. The van der Waals surface area contributed by atoms with Gasteiger partial charge in [-0.2, -0.15) is 0 Å². The van der Waals surface area contributed by atoms with Crippen LogP contribution in [0.4, 0.5) is 0 Å². The third kappa shape index (κ3) is 71.2. The number of hydrogen-bond acceptors (Lipinski definition) is 2. The topological polar surface area (TPSA) is 26.3 Å². The number of rotatable bonds is 70. The van der Waals surface area contributed by atoms with Gasteiger partial charge in [-0.3, -0.25) is 0 Å². The summed E-state index contributed by atoms with van der Waals surface area (Å²) in [6, 6.07) is 0. The van der Waals surface area contributed by atoms with E-state index in [2.05, 4.69) is 13.5 Å². The molecular weight excluding hydrogens is 909 g/mol. The molecule has 0 aromatic carbocycles. The lowest BCUT2D eigenvalue weighted by Crippen LogP contribution is -2.01. The summed E-state index contributed by atoms with van der Waals surface area (Å²) in [6.07, 6.45) is 101. The fourth-order valence-electron chi connectivity index (χ4n) is 12.1. The molecule has 0 aliphatic heterocycles. The molecule has 0 N–H and O–H groups in total. The third-order valence-corrected chi connectivity index (χ3v) is 17.4. The molecule has 0 fully saturated rings. The number of carbonyl (C=O) groups excluding carboxylic acids is 1. The number of hydrogen-bond donors (Lipinski definition) is 0. The summed E-state index contributed by atoms with van der Waals surface area (Å²) < 4.78 is 5.03. The van der Waals surface area contributed by atoms with E-state index in [0.717, 1.165) is 6.42 Å². The molecule has 0 saturated heterocycles. The van der Waals surface area contributed by atoms with Gasteiger partial charge in [0.25, 0.3) is 0 Å². The highest BCUT2D eigenvalue weighted by Crippen LogP contribution is 2.21. The SMILES string of the molecule is C=CC(=O)OCCCCCCCCCCCCCCCCCCCCCCCCCCCCCCCCCCCCCCCCCCCCCCCCCCCCCCCCCCCCCCCCCCCCCC. The fourth-order valence-corrected chi connectivity index (χ4v) is 12.1. The Kier molecular flexibility index (Phi) is 70.5. The Balaban J connectivity index is 3.08.